The second kappa shape index (κ2) is 7.62. The van der Waals surface area contributed by atoms with Crippen LogP contribution in [0.25, 0.3) is 0 Å². The molecule has 0 bridgehead atoms. The molecule has 1 N–H and O–H groups in total. The van der Waals surface area contributed by atoms with Crippen molar-refractivity contribution in [2.24, 2.45) is 0 Å². The molecule has 0 aliphatic heterocycles. The van der Waals surface area contributed by atoms with E-state index in [0.717, 1.165) is 23.0 Å². The van der Waals surface area contributed by atoms with Gasteiger partial charge in [-0.25, -0.2) is 4.98 Å². The lowest BCUT2D eigenvalue weighted by molar-refractivity contribution is 0.453. The van der Waals surface area contributed by atoms with Gasteiger partial charge in [0.25, 0.3) is 0 Å². The van der Waals surface area contributed by atoms with Gasteiger partial charge in [0.2, 0.25) is 5.88 Å². The van der Waals surface area contributed by atoms with Gasteiger partial charge in [-0.05, 0) is 47.1 Å². The first-order valence-corrected chi connectivity index (χ1v) is 7.65. The minimum absolute atomic E-state index is 0.574. The second-order valence-corrected chi connectivity index (χ2v) is 5.65. The number of benzene rings is 1. The molecule has 2 rings (SSSR count). The van der Waals surface area contributed by atoms with E-state index in [0.29, 0.717) is 23.2 Å². The van der Waals surface area contributed by atoms with Crippen LogP contribution in [0.4, 0.5) is 0 Å². The number of ether oxygens (including phenoxy) is 1. The molecule has 0 atom stereocenters. The summed E-state index contributed by atoms with van der Waals surface area (Å²) in [6, 6.07) is 9.38. The first-order chi connectivity index (χ1) is 9.70. The molecule has 0 aliphatic carbocycles. The van der Waals surface area contributed by atoms with Gasteiger partial charge in [-0.2, -0.15) is 0 Å². The molecule has 0 saturated heterocycles. The summed E-state index contributed by atoms with van der Waals surface area (Å²) >= 11 is 9.54. The van der Waals surface area contributed by atoms with Crippen molar-refractivity contribution in [2.45, 2.75) is 19.9 Å². The van der Waals surface area contributed by atoms with Gasteiger partial charge < -0.3 is 10.1 Å². The van der Waals surface area contributed by atoms with Gasteiger partial charge in [0.1, 0.15) is 5.75 Å². The van der Waals surface area contributed by atoms with Crippen molar-refractivity contribution in [3.8, 4) is 11.6 Å². The number of hydrogen-bond acceptors (Lipinski definition) is 3. The number of nitrogens with one attached hydrogen (secondary N) is 1. The number of nitrogens with zero attached hydrogens (tertiary/aromatic N) is 1. The van der Waals surface area contributed by atoms with Gasteiger partial charge in [0.05, 0.1) is 5.02 Å². The summed E-state index contributed by atoms with van der Waals surface area (Å²) < 4.78 is 6.75. The van der Waals surface area contributed by atoms with Crippen LogP contribution < -0.4 is 10.1 Å². The molecule has 0 amide bonds. The van der Waals surface area contributed by atoms with E-state index in [9.17, 15) is 0 Å². The van der Waals surface area contributed by atoms with Gasteiger partial charge in [0, 0.05) is 22.8 Å². The van der Waals surface area contributed by atoms with Gasteiger partial charge in [-0.15, -0.1) is 0 Å². The van der Waals surface area contributed by atoms with E-state index in [4.69, 9.17) is 16.3 Å². The molecule has 20 heavy (non-hydrogen) atoms. The Labute approximate surface area is 132 Å². The molecule has 0 radical (unpaired) electrons. The Hall–Kier alpha value is -1.10. The molecule has 1 aromatic heterocycles. The van der Waals surface area contributed by atoms with E-state index < -0.39 is 0 Å². The highest BCUT2D eigenvalue weighted by molar-refractivity contribution is 9.10. The minimum atomic E-state index is 0.574. The standard InChI is InChI=1S/C15H16BrClN2O/c1-2-7-18-9-11-8-12(16)10-19-15(11)20-14-6-4-3-5-13(14)17/h3-6,8,10,18H,2,7,9H2,1H3. The monoisotopic (exact) mass is 354 g/mol. The average Bonchev–Trinajstić information content (AvgIpc) is 2.44. The Morgan fingerprint density at radius 2 is 2.15 bits per heavy atom. The van der Waals surface area contributed by atoms with E-state index in [2.05, 4.69) is 33.2 Å². The van der Waals surface area contributed by atoms with Crippen LogP contribution in [0.3, 0.4) is 0 Å². The summed E-state index contributed by atoms with van der Waals surface area (Å²) in [6.45, 7) is 3.80. The molecule has 0 spiro atoms. The second-order valence-electron chi connectivity index (χ2n) is 4.33. The predicted octanol–water partition coefficient (Wildman–Crippen LogP) is 4.79. The van der Waals surface area contributed by atoms with E-state index >= 15 is 0 Å². The van der Waals surface area contributed by atoms with Crippen LogP contribution in [0.15, 0.2) is 41.0 Å². The van der Waals surface area contributed by atoms with Crippen molar-refractivity contribution in [2.75, 3.05) is 6.54 Å². The quantitative estimate of drug-likeness (QED) is 0.757. The molecule has 106 valence electrons. The van der Waals surface area contributed by atoms with Crippen molar-refractivity contribution in [3.05, 3.63) is 51.6 Å². The number of halogens is 2. The third kappa shape index (κ3) is 4.20. The minimum Gasteiger partial charge on any atom is -0.437 e. The maximum atomic E-state index is 6.11. The molecule has 0 aliphatic rings. The Kier molecular flexibility index (Phi) is 5.83. The van der Waals surface area contributed by atoms with Crippen LogP contribution in [0, 0.1) is 0 Å². The Balaban J connectivity index is 2.20. The van der Waals surface area contributed by atoms with Crippen LogP contribution in [0.5, 0.6) is 11.6 Å². The van der Waals surface area contributed by atoms with Crippen molar-refractivity contribution >= 4 is 27.5 Å². The van der Waals surface area contributed by atoms with E-state index in [1.165, 1.54) is 0 Å². The Morgan fingerprint density at radius 3 is 2.90 bits per heavy atom. The van der Waals surface area contributed by atoms with E-state index in [1.54, 1.807) is 12.3 Å². The largest absolute Gasteiger partial charge is 0.437 e. The van der Waals surface area contributed by atoms with Crippen molar-refractivity contribution in [3.63, 3.8) is 0 Å². The SMILES string of the molecule is CCCNCc1cc(Br)cnc1Oc1ccccc1Cl. The number of para-hydroxylation sites is 1. The zero-order valence-electron chi connectivity index (χ0n) is 11.2. The zero-order valence-corrected chi connectivity index (χ0v) is 13.5. The fourth-order valence-corrected chi connectivity index (χ4v) is 2.27. The smallest absolute Gasteiger partial charge is 0.223 e. The van der Waals surface area contributed by atoms with Crippen molar-refractivity contribution in [1.82, 2.24) is 10.3 Å². The zero-order chi connectivity index (χ0) is 14.4. The first kappa shape index (κ1) is 15.3. The van der Waals surface area contributed by atoms with Gasteiger partial charge in [-0.3, -0.25) is 0 Å². The molecule has 0 fully saturated rings. The molecule has 5 heteroatoms. The van der Waals surface area contributed by atoms with Crippen LogP contribution in [0.1, 0.15) is 18.9 Å². The molecular formula is C15H16BrClN2O. The third-order valence-electron chi connectivity index (χ3n) is 2.68. The van der Waals surface area contributed by atoms with Crippen LogP contribution >= 0.6 is 27.5 Å². The molecule has 2 aromatic rings. The maximum absolute atomic E-state index is 6.11. The molecular weight excluding hydrogens is 340 g/mol. The molecule has 1 aromatic carbocycles. The van der Waals surface area contributed by atoms with E-state index in [-0.39, 0.29) is 0 Å². The van der Waals surface area contributed by atoms with E-state index in [1.807, 2.05) is 24.3 Å². The van der Waals surface area contributed by atoms with Gasteiger partial charge in [0.15, 0.2) is 0 Å². The fraction of sp³-hybridized carbons (Fsp3) is 0.267. The molecule has 3 nitrogen and oxygen atoms in total. The number of hydrogen-bond donors (Lipinski definition) is 1. The maximum Gasteiger partial charge on any atom is 0.223 e. The highest BCUT2D eigenvalue weighted by Crippen LogP contribution is 2.30. The van der Waals surface area contributed by atoms with Crippen LogP contribution in [-0.4, -0.2) is 11.5 Å². The lowest BCUT2D eigenvalue weighted by atomic mass is 10.2. The molecule has 0 saturated carbocycles. The number of rotatable bonds is 6. The predicted molar refractivity (Wildman–Crippen MR) is 85.5 cm³/mol. The molecule has 0 unspecified atom stereocenters. The summed E-state index contributed by atoms with van der Waals surface area (Å²) in [5.41, 5.74) is 0.993. The summed E-state index contributed by atoms with van der Waals surface area (Å²) in [5.74, 6) is 1.19. The fourth-order valence-electron chi connectivity index (χ4n) is 1.72. The molecule has 1 heterocycles. The summed E-state index contributed by atoms with van der Waals surface area (Å²) in [5, 5.41) is 3.92. The van der Waals surface area contributed by atoms with Crippen LogP contribution in [-0.2, 0) is 6.54 Å². The van der Waals surface area contributed by atoms with Gasteiger partial charge >= 0.3 is 0 Å². The summed E-state index contributed by atoms with van der Waals surface area (Å²) in [7, 11) is 0. The van der Waals surface area contributed by atoms with Gasteiger partial charge in [-0.1, -0.05) is 30.7 Å². The van der Waals surface area contributed by atoms with Crippen LogP contribution in [0.2, 0.25) is 5.02 Å². The summed E-state index contributed by atoms with van der Waals surface area (Å²) in [6.07, 6.45) is 2.80. The highest BCUT2D eigenvalue weighted by Gasteiger charge is 2.09. The average molecular weight is 356 g/mol. The topological polar surface area (TPSA) is 34.2 Å². The first-order valence-electron chi connectivity index (χ1n) is 6.48. The lowest BCUT2D eigenvalue weighted by Crippen LogP contribution is -2.14. The Morgan fingerprint density at radius 1 is 1.35 bits per heavy atom. The highest BCUT2D eigenvalue weighted by atomic mass is 79.9. The third-order valence-corrected chi connectivity index (χ3v) is 3.42. The number of pyridine rings is 1. The Bertz CT molecular complexity index is 578. The van der Waals surface area contributed by atoms with Crippen molar-refractivity contribution in [1.29, 1.82) is 0 Å². The number of aromatic nitrogens is 1. The van der Waals surface area contributed by atoms with Crippen molar-refractivity contribution < 1.29 is 4.74 Å². The normalized spacial score (nSPS) is 10.6. The lowest BCUT2D eigenvalue weighted by Gasteiger charge is -2.12. The summed E-state index contributed by atoms with van der Waals surface area (Å²) in [4.78, 5) is 4.33.